The number of aromatic nitrogens is 2. The molecule has 1 saturated carbocycles. The molecule has 0 atom stereocenters. The highest BCUT2D eigenvalue weighted by Gasteiger charge is 2.40. The van der Waals surface area contributed by atoms with Crippen molar-refractivity contribution in [3.63, 3.8) is 0 Å². The summed E-state index contributed by atoms with van der Waals surface area (Å²) in [7, 11) is 0. The molecule has 2 aromatic carbocycles. The molecule has 0 spiro atoms. The standard InChI is InChI=1S/C28H38N6O/c29-26(30)31-18-21-33-24-12-6-7-13-25(24)34(27(33)35)23-14-19-32(20-15-23)28(16-8-1-2-9-17-28)22-10-4-3-5-11-22/h3-7,10-13,23H,1-2,8-9,14-21H2,(H4,29,30,31). The van der Waals surface area contributed by atoms with Gasteiger partial charge in [-0.05, 0) is 43.4 Å². The smallest absolute Gasteiger partial charge is 0.329 e. The first-order valence-corrected chi connectivity index (χ1v) is 13.2. The predicted molar refractivity (Wildman–Crippen MR) is 143 cm³/mol. The van der Waals surface area contributed by atoms with Gasteiger partial charge in [0.2, 0.25) is 0 Å². The Hall–Kier alpha value is -3.06. The molecule has 0 unspecified atom stereocenters. The summed E-state index contributed by atoms with van der Waals surface area (Å²) in [6.45, 7) is 2.90. The number of benzene rings is 2. The van der Waals surface area contributed by atoms with Crippen LogP contribution < -0.4 is 17.2 Å². The average molecular weight is 475 g/mol. The lowest BCUT2D eigenvalue weighted by Crippen LogP contribution is -2.50. The van der Waals surface area contributed by atoms with Gasteiger partial charge in [0.15, 0.2) is 5.96 Å². The van der Waals surface area contributed by atoms with Gasteiger partial charge >= 0.3 is 5.69 Å². The van der Waals surface area contributed by atoms with E-state index in [1.165, 1.54) is 44.1 Å². The topological polar surface area (TPSA) is 94.6 Å². The number of para-hydroxylation sites is 2. The number of nitrogens with two attached hydrogens (primary N) is 2. The van der Waals surface area contributed by atoms with Gasteiger partial charge in [-0.15, -0.1) is 0 Å². The third-order valence-corrected chi connectivity index (χ3v) is 8.16. The molecule has 35 heavy (non-hydrogen) atoms. The van der Waals surface area contributed by atoms with E-state index in [1.807, 2.05) is 27.3 Å². The molecule has 0 bridgehead atoms. The maximum absolute atomic E-state index is 13.6. The molecule has 186 valence electrons. The summed E-state index contributed by atoms with van der Waals surface area (Å²) in [5.74, 6) is 0.0556. The highest BCUT2D eigenvalue weighted by Crippen LogP contribution is 2.43. The Morgan fingerprint density at radius 1 is 0.886 bits per heavy atom. The number of imidazole rings is 1. The molecule has 2 aliphatic rings. The van der Waals surface area contributed by atoms with E-state index in [1.54, 1.807) is 0 Å². The molecule has 1 saturated heterocycles. The van der Waals surface area contributed by atoms with Gasteiger partial charge in [0.1, 0.15) is 0 Å². The molecular weight excluding hydrogens is 436 g/mol. The predicted octanol–water partition coefficient (Wildman–Crippen LogP) is 3.96. The van der Waals surface area contributed by atoms with Crippen LogP contribution in [-0.4, -0.2) is 39.6 Å². The molecule has 1 aliphatic carbocycles. The van der Waals surface area contributed by atoms with E-state index in [2.05, 4.69) is 46.3 Å². The summed E-state index contributed by atoms with van der Waals surface area (Å²) in [4.78, 5) is 20.4. The van der Waals surface area contributed by atoms with Gasteiger partial charge < -0.3 is 11.5 Å². The van der Waals surface area contributed by atoms with Crippen molar-refractivity contribution in [3.05, 3.63) is 70.6 Å². The Balaban J connectivity index is 1.41. The van der Waals surface area contributed by atoms with Crippen LogP contribution >= 0.6 is 0 Å². The summed E-state index contributed by atoms with van der Waals surface area (Å²) in [6.07, 6.45) is 9.67. The zero-order chi connectivity index (χ0) is 24.3. The van der Waals surface area contributed by atoms with E-state index in [9.17, 15) is 4.79 Å². The number of guanidine groups is 1. The van der Waals surface area contributed by atoms with Crippen molar-refractivity contribution in [2.45, 2.75) is 69.5 Å². The molecule has 0 amide bonds. The van der Waals surface area contributed by atoms with Crippen LogP contribution in [0.4, 0.5) is 0 Å². The van der Waals surface area contributed by atoms with Gasteiger partial charge in [0.05, 0.1) is 17.6 Å². The molecule has 1 aliphatic heterocycles. The second-order valence-corrected chi connectivity index (χ2v) is 10.1. The normalized spacial score (nSPS) is 19.4. The minimum atomic E-state index is 0.0441. The maximum Gasteiger partial charge on any atom is 0.329 e. The average Bonchev–Trinajstić information content (AvgIpc) is 3.02. The fourth-order valence-electron chi connectivity index (χ4n) is 6.48. The van der Waals surface area contributed by atoms with Crippen molar-refractivity contribution in [3.8, 4) is 0 Å². The lowest BCUT2D eigenvalue weighted by Gasteiger charge is -2.47. The highest BCUT2D eigenvalue weighted by molar-refractivity contribution is 5.76. The molecule has 0 radical (unpaired) electrons. The number of likely N-dealkylation sites (tertiary alicyclic amines) is 1. The number of hydrogen-bond donors (Lipinski definition) is 2. The van der Waals surface area contributed by atoms with E-state index in [4.69, 9.17) is 11.5 Å². The molecule has 3 aromatic rings. The summed E-state index contributed by atoms with van der Waals surface area (Å²) in [5, 5.41) is 0. The third kappa shape index (κ3) is 4.61. The Kier molecular flexibility index (Phi) is 6.95. The minimum absolute atomic E-state index is 0.0441. The highest BCUT2D eigenvalue weighted by atomic mass is 16.1. The number of hydrogen-bond acceptors (Lipinski definition) is 3. The van der Waals surface area contributed by atoms with Gasteiger partial charge in [-0.2, -0.15) is 0 Å². The van der Waals surface area contributed by atoms with Gasteiger partial charge in [0, 0.05) is 31.2 Å². The van der Waals surface area contributed by atoms with Gasteiger partial charge in [-0.1, -0.05) is 68.1 Å². The fraction of sp³-hybridized carbons (Fsp3) is 0.500. The Labute approximate surface area is 207 Å². The van der Waals surface area contributed by atoms with Crippen LogP contribution in [0.1, 0.15) is 63.0 Å². The second-order valence-electron chi connectivity index (χ2n) is 10.1. The minimum Gasteiger partial charge on any atom is -0.370 e. The summed E-state index contributed by atoms with van der Waals surface area (Å²) < 4.78 is 3.86. The summed E-state index contributed by atoms with van der Waals surface area (Å²) in [6, 6.07) is 19.4. The number of rotatable bonds is 6. The van der Waals surface area contributed by atoms with Crippen molar-refractivity contribution in [1.82, 2.24) is 14.0 Å². The van der Waals surface area contributed by atoms with Crippen molar-refractivity contribution in [2.24, 2.45) is 16.5 Å². The first-order chi connectivity index (χ1) is 17.1. The summed E-state index contributed by atoms with van der Waals surface area (Å²) >= 11 is 0. The zero-order valence-electron chi connectivity index (χ0n) is 20.6. The van der Waals surface area contributed by atoms with Crippen LogP contribution in [0.2, 0.25) is 0 Å². The molecular formula is C28H38N6O. The van der Waals surface area contributed by atoms with Crippen molar-refractivity contribution >= 4 is 17.0 Å². The third-order valence-electron chi connectivity index (χ3n) is 8.16. The Morgan fingerprint density at radius 3 is 2.17 bits per heavy atom. The van der Waals surface area contributed by atoms with E-state index in [0.29, 0.717) is 13.1 Å². The number of piperidine rings is 1. The monoisotopic (exact) mass is 474 g/mol. The van der Waals surface area contributed by atoms with Crippen LogP contribution in [0.25, 0.3) is 11.0 Å². The first kappa shape index (κ1) is 23.7. The Bertz CT molecular complexity index is 1210. The van der Waals surface area contributed by atoms with E-state index in [-0.39, 0.29) is 23.2 Å². The van der Waals surface area contributed by atoms with Gasteiger partial charge in [0.25, 0.3) is 0 Å². The molecule has 2 fully saturated rings. The zero-order valence-corrected chi connectivity index (χ0v) is 20.6. The van der Waals surface area contributed by atoms with E-state index < -0.39 is 0 Å². The number of nitrogens with zero attached hydrogens (tertiary/aromatic N) is 4. The molecule has 7 heteroatoms. The van der Waals surface area contributed by atoms with Gasteiger partial charge in [-0.25, -0.2) is 4.79 Å². The number of fused-ring (bicyclic) bond motifs is 1. The molecule has 2 heterocycles. The van der Waals surface area contributed by atoms with Crippen molar-refractivity contribution in [1.29, 1.82) is 0 Å². The van der Waals surface area contributed by atoms with E-state index >= 15 is 0 Å². The van der Waals surface area contributed by atoms with Crippen LogP contribution in [0.15, 0.2) is 64.4 Å². The van der Waals surface area contributed by atoms with Crippen LogP contribution in [0.5, 0.6) is 0 Å². The van der Waals surface area contributed by atoms with Crippen LogP contribution in [-0.2, 0) is 12.1 Å². The quantitative estimate of drug-likeness (QED) is 0.321. The van der Waals surface area contributed by atoms with E-state index in [0.717, 1.165) is 37.0 Å². The van der Waals surface area contributed by atoms with Crippen molar-refractivity contribution < 1.29 is 0 Å². The largest absolute Gasteiger partial charge is 0.370 e. The summed E-state index contributed by atoms with van der Waals surface area (Å²) in [5.41, 5.74) is 14.6. The lowest BCUT2D eigenvalue weighted by atomic mass is 9.79. The van der Waals surface area contributed by atoms with Crippen LogP contribution in [0, 0.1) is 0 Å². The van der Waals surface area contributed by atoms with Gasteiger partial charge in [-0.3, -0.25) is 19.0 Å². The lowest BCUT2D eigenvalue weighted by molar-refractivity contribution is 0.0354. The Morgan fingerprint density at radius 2 is 1.51 bits per heavy atom. The molecule has 7 nitrogen and oxygen atoms in total. The maximum atomic E-state index is 13.6. The molecule has 1 aromatic heterocycles. The molecule has 4 N–H and O–H groups in total. The fourth-order valence-corrected chi connectivity index (χ4v) is 6.48. The van der Waals surface area contributed by atoms with Crippen molar-refractivity contribution in [2.75, 3.05) is 19.6 Å². The SMILES string of the molecule is NC(N)=NCCn1c(=O)n(C2CCN(C3(c4ccccc4)CCCCCC3)CC2)c2ccccc21. The molecule has 5 rings (SSSR count). The number of aliphatic imine (C=N–C) groups is 1. The second kappa shape index (κ2) is 10.3. The first-order valence-electron chi connectivity index (χ1n) is 13.2. The van der Waals surface area contributed by atoms with Crippen LogP contribution in [0.3, 0.4) is 0 Å².